The highest BCUT2D eigenvalue weighted by atomic mass is 16.5. The van der Waals surface area contributed by atoms with Crippen LogP contribution in [0.2, 0.25) is 0 Å². The normalized spacial score (nSPS) is 27.5. The van der Waals surface area contributed by atoms with Crippen LogP contribution in [0.15, 0.2) is 24.3 Å². The summed E-state index contributed by atoms with van der Waals surface area (Å²) in [6.07, 6.45) is 2.47. The molecule has 120 valence electrons. The van der Waals surface area contributed by atoms with Crippen LogP contribution in [0.25, 0.3) is 0 Å². The monoisotopic (exact) mass is 305 g/mol. The first-order valence-corrected chi connectivity index (χ1v) is 7.79. The lowest BCUT2D eigenvalue weighted by molar-refractivity contribution is -0.149. The number of rotatable bonds is 4. The summed E-state index contributed by atoms with van der Waals surface area (Å²) in [5, 5.41) is 0. The lowest BCUT2D eigenvalue weighted by Gasteiger charge is -2.39. The van der Waals surface area contributed by atoms with E-state index >= 15 is 0 Å². The van der Waals surface area contributed by atoms with Gasteiger partial charge in [0.2, 0.25) is 5.91 Å². The van der Waals surface area contributed by atoms with Crippen molar-refractivity contribution in [2.24, 2.45) is 0 Å². The minimum absolute atomic E-state index is 0.0265. The second-order valence-electron chi connectivity index (χ2n) is 5.87. The summed E-state index contributed by atoms with van der Waals surface area (Å²) >= 11 is 0. The number of hydrogen-bond donors (Lipinski definition) is 0. The Hall–Kier alpha value is -1.59. The van der Waals surface area contributed by atoms with E-state index in [9.17, 15) is 4.79 Å². The molecule has 0 aromatic heterocycles. The SMILES string of the molecule is COc1ccc(CC(=O)N2CCO[C@H]3[C@@H](OC)CC[C@@H]32)cc1. The number of carbonyl (C=O) groups is 1. The molecule has 2 aliphatic rings. The molecule has 3 rings (SSSR count). The summed E-state index contributed by atoms with van der Waals surface area (Å²) in [7, 11) is 3.36. The number of morpholine rings is 1. The van der Waals surface area contributed by atoms with E-state index in [0.29, 0.717) is 19.6 Å². The second kappa shape index (κ2) is 6.67. The second-order valence-corrected chi connectivity index (χ2v) is 5.87. The summed E-state index contributed by atoms with van der Waals surface area (Å²) in [4.78, 5) is 14.6. The van der Waals surface area contributed by atoms with Crippen LogP contribution < -0.4 is 4.74 Å². The molecule has 1 aromatic carbocycles. The van der Waals surface area contributed by atoms with E-state index < -0.39 is 0 Å². The van der Waals surface area contributed by atoms with Crippen LogP contribution in [0, 0.1) is 0 Å². The van der Waals surface area contributed by atoms with E-state index in [1.807, 2.05) is 29.2 Å². The molecule has 5 heteroatoms. The summed E-state index contributed by atoms with van der Waals surface area (Å²) in [5.41, 5.74) is 1.01. The van der Waals surface area contributed by atoms with Gasteiger partial charge in [0.05, 0.1) is 32.3 Å². The van der Waals surface area contributed by atoms with Crippen molar-refractivity contribution in [3.63, 3.8) is 0 Å². The topological polar surface area (TPSA) is 48.0 Å². The Morgan fingerprint density at radius 3 is 2.73 bits per heavy atom. The van der Waals surface area contributed by atoms with Gasteiger partial charge >= 0.3 is 0 Å². The number of methoxy groups -OCH3 is 2. The molecule has 1 saturated heterocycles. The van der Waals surface area contributed by atoms with Crippen LogP contribution in [0.5, 0.6) is 5.75 Å². The van der Waals surface area contributed by atoms with Crippen molar-refractivity contribution in [1.29, 1.82) is 0 Å². The zero-order valence-corrected chi connectivity index (χ0v) is 13.2. The van der Waals surface area contributed by atoms with Crippen LogP contribution in [0.3, 0.4) is 0 Å². The summed E-state index contributed by atoms with van der Waals surface area (Å²) in [5.74, 6) is 0.974. The fourth-order valence-electron chi connectivity index (χ4n) is 3.50. The van der Waals surface area contributed by atoms with Crippen molar-refractivity contribution >= 4 is 5.91 Å². The van der Waals surface area contributed by atoms with Crippen LogP contribution >= 0.6 is 0 Å². The Kier molecular flexibility index (Phi) is 4.64. The largest absolute Gasteiger partial charge is 0.497 e. The van der Waals surface area contributed by atoms with Gasteiger partial charge in [-0.05, 0) is 30.5 Å². The lowest BCUT2D eigenvalue weighted by Crippen LogP contribution is -2.54. The molecule has 22 heavy (non-hydrogen) atoms. The molecule has 1 aliphatic heterocycles. The Balaban J connectivity index is 1.66. The molecule has 1 aromatic rings. The zero-order valence-electron chi connectivity index (χ0n) is 13.2. The molecule has 1 saturated carbocycles. The fourth-order valence-corrected chi connectivity index (χ4v) is 3.50. The maximum Gasteiger partial charge on any atom is 0.227 e. The van der Waals surface area contributed by atoms with Gasteiger partial charge < -0.3 is 19.1 Å². The Morgan fingerprint density at radius 1 is 1.27 bits per heavy atom. The average Bonchev–Trinajstić information content (AvgIpc) is 2.98. The maximum absolute atomic E-state index is 12.7. The summed E-state index contributed by atoms with van der Waals surface area (Å²) in [6.45, 7) is 1.27. The molecule has 2 fully saturated rings. The van der Waals surface area contributed by atoms with E-state index in [2.05, 4.69) is 0 Å². The predicted octanol–water partition coefficient (Wildman–Crippen LogP) is 1.64. The lowest BCUT2D eigenvalue weighted by atomic mass is 10.1. The number of carbonyl (C=O) groups excluding carboxylic acids is 1. The van der Waals surface area contributed by atoms with Crippen molar-refractivity contribution in [2.75, 3.05) is 27.4 Å². The Labute approximate surface area is 131 Å². The van der Waals surface area contributed by atoms with Gasteiger partial charge in [-0.1, -0.05) is 12.1 Å². The molecule has 0 radical (unpaired) electrons. The minimum atomic E-state index is 0.0265. The van der Waals surface area contributed by atoms with Gasteiger partial charge in [-0.3, -0.25) is 4.79 Å². The average molecular weight is 305 g/mol. The van der Waals surface area contributed by atoms with Crippen molar-refractivity contribution in [3.05, 3.63) is 29.8 Å². The van der Waals surface area contributed by atoms with Crippen molar-refractivity contribution < 1.29 is 19.0 Å². The molecule has 0 unspecified atom stereocenters. The number of fused-ring (bicyclic) bond motifs is 1. The van der Waals surface area contributed by atoms with Crippen LogP contribution in [0.4, 0.5) is 0 Å². The molecule has 1 amide bonds. The molecule has 3 atom stereocenters. The third-order valence-electron chi connectivity index (χ3n) is 4.67. The first-order valence-electron chi connectivity index (χ1n) is 7.79. The molecular formula is C17H23NO4. The molecule has 5 nitrogen and oxygen atoms in total. The van der Waals surface area contributed by atoms with E-state index in [1.54, 1.807) is 14.2 Å². The van der Waals surface area contributed by atoms with Crippen LogP contribution in [0.1, 0.15) is 18.4 Å². The van der Waals surface area contributed by atoms with Crippen molar-refractivity contribution in [3.8, 4) is 5.75 Å². The predicted molar refractivity (Wildman–Crippen MR) is 82.0 cm³/mol. The van der Waals surface area contributed by atoms with Gasteiger partial charge in [0.1, 0.15) is 11.9 Å². The summed E-state index contributed by atoms with van der Waals surface area (Å²) in [6, 6.07) is 7.83. The highest BCUT2D eigenvalue weighted by Crippen LogP contribution is 2.32. The number of hydrogen-bond acceptors (Lipinski definition) is 4. The van der Waals surface area contributed by atoms with Crippen LogP contribution in [-0.2, 0) is 20.7 Å². The first-order chi connectivity index (χ1) is 10.7. The molecular weight excluding hydrogens is 282 g/mol. The maximum atomic E-state index is 12.7. The third kappa shape index (κ3) is 2.96. The molecule has 1 aliphatic carbocycles. The van der Waals surface area contributed by atoms with E-state index in [4.69, 9.17) is 14.2 Å². The van der Waals surface area contributed by atoms with E-state index in [1.165, 1.54) is 0 Å². The van der Waals surface area contributed by atoms with Crippen LogP contribution in [-0.4, -0.2) is 56.4 Å². The number of nitrogens with zero attached hydrogens (tertiary/aromatic N) is 1. The smallest absolute Gasteiger partial charge is 0.227 e. The summed E-state index contributed by atoms with van der Waals surface area (Å²) < 4.78 is 16.5. The minimum Gasteiger partial charge on any atom is -0.497 e. The standard InChI is InChI=1S/C17H23NO4/c1-20-13-5-3-12(4-6-13)11-16(19)18-9-10-22-17-14(18)7-8-15(17)21-2/h3-6,14-15,17H,7-11H2,1-2H3/t14-,15-,17+/m0/s1. The fraction of sp³-hybridized carbons (Fsp3) is 0.588. The van der Waals surface area contributed by atoms with Crippen molar-refractivity contribution in [1.82, 2.24) is 4.90 Å². The van der Waals surface area contributed by atoms with E-state index in [-0.39, 0.29) is 24.2 Å². The van der Waals surface area contributed by atoms with E-state index in [0.717, 1.165) is 24.2 Å². The van der Waals surface area contributed by atoms with Gasteiger partial charge in [-0.15, -0.1) is 0 Å². The Morgan fingerprint density at radius 2 is 2.05 bits per heavy atom. The van der Waals surface area contributed by atoms with Gasteiger partial charge in [-0.25, -0.2) is 0 Å². The molecule has 0 bridgehead atoms. The van der Waals surface area contributed by atoms with Crippen molar-refractivity contribution in [2.45, 2.75) is 37.5 Å². The highest BCUT2D eigenvalue weighted by molar-refractivity contribution is 5.79. The molecule has 0 N–H and O–H groups in total. The van der Waals surface area contributed by atoms with Gasteiger partial charge in [-0.2, -0.15) is 0 Å². The number of benzene rings is 1. The zero-order chi connectivity index (χ0) is 15.5. The highest BCUT2D eigenvalue weighted by Gasteiger charge is 2.44. The van der Waals surface area contributed by atoms with Gasteiger partial charge in [0.25, 0.3) is 0 Å². The Bertz CT molecular complexity index is 516. The van der Waals surface area contributed by atoms with Gasteiger partial charge in [0, 0.05) is 13.7 Å². The number of amides is 1. The quantitative estimate of drug-likeness (QED) is 0.848. The van der Waals surface area contributed by atoms with Gasteiger partial charge in [0.15, 0.2) is 0 Å². The molecule has 0 spiro atoms. The first kappa shape index (κ1) is 15.3. The third-order valence-corrected chi connectivity index (χ3v) is 4.67. The molecule has 1 heterocycles. The number of ether oxygens (including phenoxy) is 3.